The molecule has 0 heterocycles. The summed E-state index contributed by atoms with van der Waals surface area (Å²) in [6.07, 6.45) is 0. The molecule has 0 radical (unpaired) electrons. The predicted molar refractivity (Wildman–Crippen MR) is 77.4 cm³/mol. The lowest BCUT2D eigenvalue weighted by molar-refractivity contribution is -0.129. The van der Waals surface area contributed by atoms with Crippen LogP contribution >= 0.6 is 15.9 Å². The van der Waals surface area contributed by atoms with Gasteiger partial charge in [-0.15, -0.1) is 0 Å². The van der Waals surface area contributed by atoms with Crippen LogP contribution in [0.4, 0.5) is 0 Å². The topological polar surface area (TPSA) is 29.5 Å². The molecule has 4 heteroatoms. The molecule has 0 spiro atoms. The first-order valence-corrected chi connectivity index (χ1v) is 6.93. The lowest BCUT2D eigenvalue weighted by Gasteiger charge is -2.19. The Morgan fingerprint density at radius 1 is 1.44 bits per heavy atom. The summed E-state index contributed by atoms with van der Waals surface area (Å²) in [5.41, 5.74) is 2.37. The highest BCUT2D eigenvalue weighted by atomic mass is 79.9. The van der Waals surface area contributed by atoms with Gasteiger partial charge in [0.15, 0.2) is 0 Å². The van der Waals surface area contributed by atoms with Crippen molar-refractivity contribution < 1.29 is 9.53 Å². The highest BCUT2D eigenvalue weighted by molar-refractivity contribution is 9.10. The van der Waals surface area contributed by atoms with Crippen molar-refractivity contribution in [1.29, 1.82) is 0 Å². The Balaban J connectivity index is 2.47. The highest BCUT2D eigenvalue weighted by Crippen LogP contribution is 2.20. The van der Waals surface area contributed by atoms with E-state index in [1.54, 1.807) is 11.9 Å². The van der Waals surface area contributed by atoms with E-state index < -0.39 is 0 Å². The number of ether oxygens (including phenoxy) is 1. The molecule has 1 rings (SSSR count). The molecule has 0 saturated carbocycles. The van der Waals surface area contributed by atoms with E-state index in [-0.39, 0.29) is 10.7 Å². The van der Waals surface area contributed by atoms with E-state index in [9.17, 15) is 4.79 Å². The summed E-state index contributed by atoms with van der Waals surface area (Å²) in [6, 6.07) is 5.99. The van der Waals surface area contributed by atoms with Crippen molar-refractivity contribution in [2.24, 2.45) is 0 Å². The number of hydrogen-bond donors (Lipinski definition) is 0. The Morgan fingerprint density at radius 3 is 2.72 bits per heavy atom. The van der Waals surface area contributed by atoms with Crippen LogP contribution < -0.4 is 4.74 Å². The standard InChI is InChI=1S/C14H20BrNO2/c1-10-6-5-7-13(11(10)2)18-9-8-16(4)14(17)12(3)15/h5-7,12H,8-9H2,1-4H3. The van der Waals surface area contributed by atoms with Crippen LogP contribution in [0, 0.1) is 13.8 Å². The van der Waals surface area contributed by atoms with Crippen molar-refractivity contribution in [3.05, 3.63) is 29.3 Å². The van der Waals surface area contributed by atoms with Crippen molar-refractivity contribution in [2.45, 2.75) is 25.6 Å². The number of nitrogens with zero attached hydrogens (tertiary/aromatic N) is 1. The van der Waals surface area contributed by atoms with E-state index in [0.29, 0.717) is 13.2 Å². The molecule has 0 N–H and O–H groups in total. The van der Waals surface area contributed by atoms with Crippen LogP contribution in [0.5, 0.6) is 5.75 Å². The molecule has 0 aliphatic rings. The number of carbonyl (C=O) groups is 1. The zero-order chi connectivity index (χ0) is 13.7. The number of carbonyl (C=O) groups excluding carboxylic acids is 1. The lowest BCUT2D eigenvalue weighted by Crippen LogP contribution is -2.35. The summed E-state index contributed by atoms with van der Waals surface area (Å²) < 4.78 is 5.71. The fourth-order valence-electron chi connectivity index (χ4n) is 1.59. The Kier molecular flexibility index (Phi) is 5.66. The maximum atomic E-state index is 11.6. The van der Waals surface area contributed by atoms with Gasteiger partial charge in [0, 0.05) is 7.05 Å². The molecular formula is C14H20BrNO2. The van der Waals surface area contributed by atoms with Gasteiger partial charge in [0.05, 0.1) is 11.4 Å². The minimum atomic E-state index is -0.150. The maximum Gasteiger partial charge on any atom is 0.235 e. The molecule has 1 unspecified atom stereocenters. The molecule has 3 nitrogen and oxygen atoms in total. The molecular weight excluding hydrogens is 294 g/mol. The van der Waals surface area contributed by atoms with Crippen molar-refractivity contribution in [2.75, 3.05) is 20.2 Å². The Morgan fingerprint density at radius 2 is 2.11 bits per heavy atom. The largest absolute Gasteiger partial charge is 0.491 e. The molecule has 0 fully saturated rings. The fraction of sp³-hybridized carbons (Fsp3) is 0.500. The molecule has 0 aliphatic carbocycles. The third-order valence-electron chi connectivity index (χ3n) is 2.96. The van der Waals surface area contributed by atoms with Crippen molar-refractivity contribution >= 4 is 21.8 Å². The minimum absolute atomic E-state index is 0.0690. The second-order valence-electron chi connectivity index (χ2n) is 4.42. The van der Waals surface area contributed by atoms with Gasteiger partial charge < -0.3 is 9.64 Å². The van der Waals surface area contributed by atoms with Gasteiger partial charge in [-0.25, -0.2) is 0 Å². The smallest absolute Gasteiger partial charge is 0.235 e. The molecule has 1 aromatic rings. The van der Waals surface area contributed by atoms with E-state index in [4.69, 9.17) is 4.74 Å². The highest BCUT2D eigenvalue weighted by Gasteiger charge is 2.14. The lowest BCUT2D eigenvalue weighted by atomic mass is 10.1. The van der Waals surface area contributed by atoms with Gasteiger partial charge in [0.2, 0.25) is 5.91 Å². The number of alkyl halides is 1. The van der Waals surface area contributed by atoms with E-state index in [2.05, 4.69) is 28.9 Å². The zero-order valence-corrected chi connectivity index (χ0v) is 13.0. The minimum Gasteiger partial charge on any atom is -0.491 e. The first-order valence-electron chi connectivity index (χ1n) is 6.01. The molecule has 1 atom stereocenters. The van der Waals surface area contributed by atoms with Crippen LogP contribution in [0.3, 0.4) is 0 Å². The van der Waals surface area contributed by atoms with Gasteiger partial charge in [-0.05, 0) is 38.0 Å². The summed E-state index contributed by atoms with van der Waals surface area (Å²) in [4.78, 5) is 13.2. The van der Waals surface area contributed by atoms with E-state index in [1.165, 1.54) is 5.56 Å². The van der Waals surface area contributed by atoms with Crippen molar-refractivity contribution in [3.8, 4) is 5.75 Å². The zero-order valence-electron chi connectivity index (χ0n) is 11.4. The normalized spacial score (nSPS) is 12.1. The van der Waals surface area contributed by atoms with Crippen molar-refractivity contribution in [1.82, 2.24) is 4.90 Å². The Bertz CT molecular complexity index is 418. The van der Waals surface area contributed by atoms with Crippen LogP contribution in [-0.4, -0.2) is 35.8 Å². The Hall–Kier alpha value is -1.03. The third-order valence-corrected chi connectivity index (χ3v) is 3.35. The molecule has 18 heavy (non-hydrogen) atoms. The van der Waals surface area contributed by atoms with Crippen LogP contribution in [-0.2, 0) is 4.79 Å². The monoisotopic (exact) mass is 313 g/mol. The van der Waals surface area contributed by atoms with Crippen LogP contribution in [0.25, 0.3) is 0 Å². The van der Waals surface area contributed by atoms with Gasteiger partial charge in [0.1, 0.15) is 12.4 Å². The number of amides is 1. The summed E-state index contributed by atoms with van der Waals surface area (Å²) in [7, 11) is 1.78. The average Bonchev–Trinajstić information content (AvgIpc) is 2.33. The van der Waals surface area contributed by atoms with Gasteiger partial charge in [0.25, 0.3) is 0 Å². The van der Waals surface area contributed by atoms with E-state index in [1.807, 2.05) is 26.0 Å². The SMILES string of the molecule is Cc1cccc(OCCN(C)C(=O)C(C)Br)c1C. The number of benzene rings is 1. The van der Waals surface area contributed by atoms with Gasteiger partial charge >= 0.3 is 0 Å². The summed E-state index contributed by atoms with van der Waals surface area (Å²) in [6.45, 7) is 7.02. The molecule has 0 aliphatic heterocycles. The maximum absolute atomic E-state index is 11.6. The first kappa shape index (κ1) is 15.0. The molecule has 0 aromatic heterocycles. The molecule has 0 bridgehead atoms. The number of aryl methyl sites for hydroxylation is 1. The van der Waals surface area contributed by atoms with Gasteiger partial charge in [-0.3, -0.25) is 4.79 Å². The second-order valence-corrected chi connectivity index (χ2v) is 5.80. The van der Waals surface area contributed by atoms with Crippen LogP contribution in [0.15, 0.2) is 18.2 Å². The average molecular weight is 314 g/mol. The van der Waals surface area contributed by atoms with Gasteiger partial charge in [-0.1, -0.05) is 28.1 Å². The van der Waals surface area contributed by atoms with Crippen molar-refractivity contribution in [3.63, 3.8) is 0 Å². The Labute approximate surface area is 117 Å². The molecule has 1 aromatic carbocycles. The first-order chi connectivity index (χ1) is 8.43. The molecule has 1 amide bonds. The number of likely N-dealkylation sites (N-methyl/N-ethyl adjacent to an activating group) is 1. The van der Waals surface area contributed by atoms with Crippen LogP contribution in [0.2, 0.25) is 0 Å². The molecule has 0 saturated heterocycles. The number of halogens is 1. The van der Waals surface area contributed by atoms with Gasteiger partial charge in [-0.2, -0.15) is 0 Å². The molecule has 100 valence electrons. The van der Waals surface area contributed by atoms with E-state index in [0.717, 1.165) is 11.3 Å². The number of hydrogen-bond acceptors (Lipinski definition) is 2. The second kappa shape index (κ2) is 6.78. The summed E-state index contributed by atoms with van der Waals surface area (Å²) in [5.74, 6) is 0.960. The predicted octanol–water partition coefficient (Wildman–Crippen LogP) is 2.92. The number of rotatable bonds is 5. The summed E-state index contributed by atoms with van der Waals surface area (Å²) >= 11 is 3.27. The third kappa shape index (κ3) is 4.02. The quantitative estimate of drug-likeness (QED) is 0.782. The summed E-state index contributed by atoms with van der Waals surface area (Å²) in [5, 5.41) is 0. The van der Waals surface area contributed by atoms with E-state index >= 15 is 0 Å². The fourth-order valence-corrected chi connectivity index (χ4v) is 1.94. The van der Waals surface area contributed by atoms with Crippen LogP contribution in [0.1, 0.15) is 18.1 Å².